The molecule has 29 heavy (non-hydrogen) atoms. The van der Waals surface area contributed by atoms with Gasteiger partial charge in [-0.15, -0.1) is 0 Å². The van der Waals surface area contributed by atoms with E-state index in [1.165, 1.54) is 0 Å². The first-order chi connectivity index (χ1) is 13.7. The Morgan fingerprint density at radius 2 is 1.79 bits per heavy atom. The Morgan fingerprint density at radius 3 is 2.48 bits per heavy atom. The molecule has 0 aliphatic carbocycles. The molecule has 0 saturated heterocycles. The van der Waals surface area contributed by atoms with Crippen LogP contribution >= 0.6 is 0 Å². The van der Waals surface area contributed by atoms with Crippen LogP contribution in [0.4, 0.5) is 18.9 Å². The number of carbonyl (C=O) groups excluding carboxylic acids is 2. The average Bonchev–Trinajstić information content (AvgIpc) is 2.67. The minimum atomic E-state index is -1.68. The lowest BCUT2D eigenvalue weighted by Gasteiger charge is -2.18. The van der Waals surface area contributed by atoms with Crippen molar-refractivity contribution in [1.82, 2.24) is 10.2 Å². The maximum absolute atomic E-state index is 13.6. The predicted octanol–water partition coefficient (Wildman–Crippen LogP) is 2.61. The molecule has 0 saturated carbocycles. The maximum Gasteiger partial charge on any atom is 0.243 e. The van der Waals surface area contributed by atoms with Gasteiger partial charge in [0.15, 0.2) is 17.5 Å². The van der Waals surface area contributed by atoms with Crippen LogP contribution in [0.3, 0.4) is 0 Å². The summed E-state index contributed by atoms with van der Waals surface area (Å²) in [5.74, 6) is -5.04. The van der Waals surface area contributed by atoms with E-state index >= 15 is 0 Å². The SMILES string of the molecule is COc1ccc(C)cc1CN(C)CC(=O)NCC(=O)Nc1ccc(F)c(F)c1F. The molecule has 9 heteroatoms. The zero-order valence-electron chi connectivity index (χ0n) is 16.3. The van der Waals surface area contributed by atoms with Crippen molar-refractivity contribution < 1.29 is 27.5 Å². The van der Waals surface area contributed by atoms with Crippen LogP contribution in [-0.2, 0) is 16.1 Å². The molecule has 0 radical (unpaired) electrons. The quantitative estimate of drug-likeness (QED) is 0.658. The van der Waals surface area contributed by atoms with Crippen molar-refractivity contribution in [3.8, 4) is 5.75 Å². The standard InChI is InChI=1S/C20H22F3N3O3/c1-12-4-7-16(29-3)13(8-12)10-26(2)11-18(28)24-9-17(27)25-15-6-5-14(21)19(22)20(15)23/h4-8H,9-11H2,1-3H3,(H,24,28)(H,25,27). The summed E-state index contributed by atoms with van der Waals surface area (Å²) in [7, 11) is 3.30. The normalized spacial score (nSPS) is 10.7. The van der Waals surface area contributed by atoms with Crippen molar-refractivity contribution in [2.45, 2.75) is 13.5 Å². The zero-order valence-corrected chi connectivity index (χ0v) is 16.3. The summed E-state index contributed by atoms with van der Waals surface area (Å²) < 4.78 is 44.9. The van der Waals surface area contributed by atoms with Gasteiger partial charge in [0.05, 0.1) is 25.9 Å². The van der Waals surface area contributed by atoms with E-state index in [4.69, 9.17) is 4.74 Å². The van der Waals surface area contributed by atoms with Crippen LogP contribution in [0.25, 0.3) is 0 Å². The summed E-state index contributed by atoms with van der Waals surface area (Å²) in [5.41, 5.74) is 1.46. The number of hydrogen-bond acceptors (Lipinski definition) is 4. The number of hydrogen-bond donors (Lipinski definition) is 2. The van der Waals surface area contributed by atoms with Gasteiger partial charge >= 0.3 is 0 Å². The molecule has 0 atom stereocenters. The Hall–Kier alpha value is -3.07. The molecule has 0 fully saturated rings. The first kappa shape index (κ1) is 22.2. The van der Waals surface area contributed by atoms with Crippen molar-refractivity contribution >= 4 is 17.5 Å². The maximum atomic E-state index is 13.6. The number of nitrogens with zero attached hydrogens (tertiary/aromatic N) is 1. The number of rotatable bonds is 8. The van der Waals surface area contributed by atoms with Crippen molar-refractivity contribution in [2.75, 3.05) is 32.6 Å². The van der Waals surface area contributed by atoms with Gasteiger partial charge in [-0.3, -0.25) is 14.5 Å². The molecule has 156 valence electrons. The first-order valence-electron chi connectivity index (χ1n) is 8.73. The van der Waals surface area contributed by atoms with Gasteiger partial charge in [-0.2, -0.15) is 0 Å². The highest BCUT2D eigenvalue weighted by atomic mass is 19.2. The summed E-state index contributed by atoms with van der Waals surface area (Å²) >= 11 is 0. The molecule has 0 spiro atoms. The summed E-state index contributed by atoms with van der Waals surface area (Å²) in [5, 5.41) is 4.47. The van der Waals surface area contributed by atoms with Crippen LogP contribution in [0.2, 0.25) is 0 Å². The van der Waals surface area contributed by atoms with E-state index in [9.17, 15) is 22.8 Å². The van der Waals surface area contributed by atoms with E-state index in [1.807, 2.05) is 25.1 Å². The summed E-state index contributed by atoms with van der Waals surface area (Å²) in [6.07, 6.45) is 0. The van der Waals surface area contributed by atoms with Gasteiger partial charge in [-0.25, -0.2) is 13.2 Å². The van der Waals surface area contributed by atoms with E-state index < -0.39 is 41.5 Å². The minimum Gasteiger partial charge on any atom is -0.496 e. The van der Waals surface area contributed by atoms with Crippen LogP contribution in [0.1, 0.15) is 11.1 Å². The second kappa shape index (κ2) is 9.92. The number of likely N-dealkylation sites (N-methyl/N-ethyl adjacent to an activating group) is 1. The average molecular weight is 409 g/mol. The second-order valence-corrected chi connectivity index (χ2v) is 6.54. The summed E-state index contributed by atoms with van der Waals surface area (Å²) in [6, 6.07) is 7.32. The van der Waals surface area contributed by atoms with E-state index in [1.54, 1.807) is 19.1 Å². The van der Waals surface area contributed by atoms with Crippen LogP contribution in [0.15, 0.2) is 30.3 Å². The monoisotopic (exact) mass is 409 g/mol. The molecule has 0 unspecified atom stereocenters. The van der Waals surface area contributed by atoms with Crippen molar-refractivity contribution in [3.05, 3.63) is 58.9 Å². The lowest BCUT2D eigenvalue weighted by molar-refractivity contribution is -0.124. The van der Waals surface area contributed by atoms with Crippen LogP contribution < -0.4 is 15.4 Å². The molecule has 0 aliphatic rings. The minimum absolute atomic E-state index is 0.00388. The summed E-state index contributed by atoms with van der Waals surface area (Å²) in [4.78, 5) is 25.6. The predicted molar refractivity (Wildman–Crippen MR) is 102 cm³/mol. The molecule has 2 N–H and O–H groups in total. The largest absolute Gasteiger partial charge is 0.496 e. The first-order valence-corrected chi connectivity index (χ1v) is 8.73. The molecule has 0 aromatic heterocycles. The third-order valence-corrected chi connectivity index (χ3v) is 4.05. The number of amides is 2. The molecule has 2 rings (SSSR count). The van der Waals surface area contributed by atoms with Crippen LogP contribution in [-0.4, -0.2) is 44.0 Å². The molecule has 6 nitrogen and oxygen atoms in total. The number of halogens is 3. The molecular weight excluding hydrogens is 387 g/mol. The van der Waals surface area contributed by atoms with Gasteiger partial charge in [0, 0.05) is 12.1 Å². The fourth-order valence-corrected chi connectivity index (χ4v) is 2.67. The Kier molecular flexibility index (Phi) is 7.60. The van der Waals surface area contributed by atoms with Gasteiger partial charge in [0.25, 0.3) is 0 Å². The van der Waals surface area contributed by atoms with Crippen molar-refractivity contribution in [2.24, 2.45) is 0 Å². The van der Waals surface area contributed by atoms with Gasteiger partial charge in [0.2, 0.25) is 11.8 Å². The molecular formula is C20H22F3N3O3. The van der Waals surface area contributed by atoms with Crippen molar-refractivity contribution in [3.63, 3.8) is 0 Å². The number of ether oxygens (including phenoxy) is 1. The van der Waals surface area contributed by atoms with Gasteiger partial charge in [-0.1, -0.05) is 17.7 Å². The molecule has 2 aromatic rings. The third kappa shape index (κ3) is 6.21. The van der Waals surface area contributed by atoms with Crippen LogP contribution in [0, 0.1) is 24.4 Å². The highest BCUT2D eigenvalue weighted by Crippen LogP contribution is 2.21. The molecule has 0 bridgehead atoms. The molecule has 0 aliphatic heterocycles. The highest BCUT2D eigenvalue weighted by Gasteiger charge is 2.16. The topological polar surface area (TPSA) is 70.7 Å². The Labute approximate surface area is 166 Å². The van der Waals surface area contributed by atoms with E-state index in [-0.39, 0.29) is 6.54 Å². The fraction of sp³-hybridized carbons (Fsp3) is 0.300. The smallest absolute Gasteiger partial charge is 0.243 e. The Morgan fingerprint density at radius 1 is 1.07 bits per heavy atom. The van der Waals surface area contributed by atoms with E-state index in [0.717, 1.165) is 17.2 Å². The summed E-state index contributed by atoms with van der Waals surface area (Å²) in [6.45, 7) is 1.96. The highest BCUT2D eigenvalue weighted by molar-refractivity contribution is 5.94. The lowest BCUT2D eigenvalue weighted by Crippen LogP contribution is -2.39. The Balaban J connectivity index is 1.84. The molecule has 2 aromatic carbocycles. The third-order valence-electron chi connectivity index (χ3n) is 4.05. The Bertz CT molecular complexity index is 906. The van der Waals surface area contributed by atoms with Gasteiger partial charge < -0.3 is 15.4 Å². The van der Waals surface area contributed by atoms with Gasteiger partial charge in [-0.05, 0) is 32.2 Å². The lowest BCUT2D eigenvalue weighted by atomic mass is 10.1. The number of carbonyl (C=O) groups is 2. The van der Waals surface area contributed by atoms with E-state index in [2.05, 4.69) is 10.6 Å². The fourth-order valence-electron chi connectivity index (χ4n) is 2.67. The number of methoxy groups -OCH3 is 1. The second-order valence-electron chi connectivity index (χ2n) is 6.54. The molecule has 0 heterocycles. The number of benzene rings is 2. The van der Waals surface area contributed by atoms with Crippen molar-refractivity contribution in [1.29, 1.82) is 0 Å². The van der Waals surface area contributed by atoms with Crippen LogP contribution in [0.5, 0.6) is 5.75 Å². The number of nitrogens with one attached hydrogen (secondary N) is 2. The number of aryl methyl sites for hydroxylation is 1. The molecule has 2 amide bonds. The zero-order chi connectivity index (χ0) is 21.6. The number of anilines is 1. The van der Waals surface area contributed by atoms with Gasteiger partial charge in [0.1, 0.15) is 5.75 Å². The van der Waals surface area contributed by atoms with E-state index in [0.29, 0.717) is 18.4 Å².